The zero-order chi connectivity index (χ0) is 32.4. The van der Waals surface area contributed by atoms with E-state index in [0.29, 0.717) is 12.2 Å². The normalized spacial score (nSPS) is 12.0. The molecule has 1 N–H and O–H groups in total. The molecule has 0 saturated heterocycles. The third-order valence-corrected chi connectivity index (χ3v) is 9.86. The van der Waals surface area contributed by atoms with Crippen LogP contribution in [-0.2, 0) is 32.6 Å². The Hall–Kier alpha value is -3.95. The highest BCUT2D eigenvalue weighted by Gasteiger charge is 2.34. The number of nitrogens with one attached hydrogen (secondary N) is 1. The van der Waals surface area contributed by atoms with Crippen LogP contribution in [0.3, 0.4) is 0 Å². The molecule has 236 valence electrons. The maximum absolute atomic E-state index is 14.5. The topological polar surface area (TPSA) is 86.8 Å². The van der Waals surface area contributed by atoms with Gasteiger partial charge in [0.2, 0.25) is 11.8 Å². The molecule has 0 fully saturated rings. The lowest BCUT2D eigenvalue weighted by molar-refractivity contribution is -0.140. The summed E-state index contributed by atoms with van der Waals surface area (Å²) in [6.07, 6.45) is 1.01. The third-order valence-electron chi connectivity index (χ3n) is 7.54. The predicted octanol–water partition coefficient (Wildman–Crippen LogP) is 6.93. The van der Waals surface area contributed by atoms with Crippen LogP contribution in [0.5, 0.6) is 0 Å². The summed E-state index contributed by atoms with van der Waals surface area (Å²) < 4.78 is 30.3. The number of sulfonamides is 1. The fourth-order valence-electron chi connectivity index (χ4n) is 4.98. The van der Waals surface area contributed by atoms with Crippen LogP contribution in [0.1, 0.15) is 49.8 Å². The van der Waals surface area contributed by atoms with Crippen molar-refractivity contribution in [3.63, 3.8) is 0 Å². The lowest BCUT2D eigenvalue weighted by Crippen LogP contribution is -2.53. The minimum Gasteiger partial charge on any atom is -0.354 e. The van der Waals surface area contributed by atoms with Gasteiger partial charge in [0.25, 0.3) is 10.0 Å². The number of amides is 2. The van der Waals surface area contributed by atoms with Crippen molar-refractivity contribution in [3.05, 3.63) is 130 Å². The van der Waals surface area contributed by atoms with E-state index in [4.69, 9.17) is 0 Å². The molecule has 4 rings (SSSR count). The van der Waals surface area contributed by atoms with Crippen molar-refractivity contribution in [3.8, 4) is 0 Å². The molecule has 0 heterocycles. The molecule has 0 bridgehead atoms. The van der Waals surface area contributed by atoms with Gasteiger partial charge in [0.05, 0.1) is 10.6 Å². The number of benzene rings is 4. The fourth-order valence-corrected chi connectivity index (χ4v) is 6.68. The molecule has 1 atom stereocenters. The highest BCUT2D eigenvalue weighted by atomic mass is 79.9. The SMILES string of the molecule is CCCNC(=O)[C@@H](Cc1ccccc1)N(Cc1ccc(Br)cc1)C(=O)CN(c1ccc(C(C)C)cc1)S(=O)(=O)c1ccccc1. The Labute approximate surface area is 275 Å². The van der Waals surface area contributed by atoms with Crippen molar-refractivity contribution in [1.82, 2.24) is 10.2 Å². The highest BCUT2D eigenvalue weighted by molar-refractivity contribution is 9.10. The number of hydrogen-bond donors (Lipinski definition) is 1. The monoisotopic (exact) mass is 689 g/mol. The molecule has 0 unspecified atom stereocenters. The van der Waals surface area contributed by atoms with Gasteiger partial charge in [0, 0.05) is 24.0 Å². The van der Waals surface area contributed by atoms with Crippen molar-refractivity contribution >= 4 is 43.5 Å². The Morgan fingerprint density at radius 1 is 0.800 bits per heavy atom. The molecular formula is C36H40BrN3O4S. The first-order valence-electron chi connectivity index (χ1n) is 15.1. The van der Waals surface area contributed by atoms with Crippen LogP contribution in [0.25, 0.3) is 0 Å². The largest absolute Gasteiger partial charge is 0.354 e. The van der Waals surface area contributed by atoms with E-state index in [9.17, 15) is 18.0 Å². The van der Waals surface area contributed by atoms with Crippen molar-refractivity contribution in [2.45, 2.75) is 57.0 Å². The standard InChI is InChI=1S/C36H40BrN3O4S/c1-4-23-38-36(42)34(24-28-11-7-5-8-12-28)39(25-29-15-19-31(37)20-16-29)35(41)26-40(32-21-17-30(18-22-32)27(2)3)45(43,44)33-13-9-6-10-14-33/h5-22,27,34H,4,23-26H2,1-3H3,(H,38,42)/t34-/m1/s1. The summed E-state index contributed by atoms with van der Waals surface area (Å²) in [4.78, 5) is 29.8. The minimum atomic E-state index is -4.13. The van der Waals surface area contributed by atoms with Gasteiger partial charge in [-0.2, -0.15) is 0 Å². The van der Waals surface area contributed by atoms with Gasteiger partial charge in [-0.15, -0.1) is 0 Å². The van der Waals surface area contributed by atoms with Crippen molar-refractivity contribution < 1.29 is 18.0 Å². The van der Waals surface area contributed by atoms with Crippen LogP contribution in [0.15, 0.2) is 119 Å². The van der Waals surface area contributed by atoms with Gasteiger partial charge in [-0.1, -0.05) is 109 Å². The third kappa shape index (κ3) is 9.05. The molecule has 9 heteroatoms. The highest BCUT2D eigenvalue weighted by Crippen LogP contribution is 2.27. The second-order valence-electron chi connectivity index (χ2n) is 11.2. The van der Waals surface area contributed by atoms with E-state index < -0.39 is 28.5 Å². The number of hydrogen-bond acceptors (Lipinski definition) is 4. The molecule has 2 amide bonds. The van der Waals surface area contributed by atoms with E-state index in [1.54, 1.807) is 30.3 Å². The number of carbonyl (C=O) groups is 2. The number of anilines is 1. The van der Waals surface area contributed by atoms with Gasteiger partial charge >= 0.3 is 0 Å². The summed E-state index contributed by atoms with van der Waals surface area (Å²) >= 11 is 3.46. The second kappa shape index (κ2) is 15.9. The lowest BCUT2D eigenvalue weighted by atomic mass is 10.0. The Morgan fingerprint density at radius 3 is 1.98 bits per heavy atom. The molecule has 0 aliphatic carbocycles. The Bertz CT molecular complexity index is 1650. The molecular weight excluding hydrogens is 650 g/mol. The van der Waals surface area contributed by atoms with Crippen LogP contribution < -0.4 is 9.62 Å². The molecule has 0 radical (unpaired) electrons. The minimum absolute atomic E-state index is 0.0757. The van der Waals surface area contributed by atoms with Crippen molar-refractivity contribution in [1.29, 1.82) is 0 Å². The lowest BCUT2D eigenvalue weighted by Gasteiger charge is -2.34. The number of nitrogens with zero attached hydrogens (tertiary/aromatic N) is 2. The predicted molar refractivity (Wildman–Crippen MR) is 183 cm³/mol. The zero-order valence-electron chi connectivity index (χ0n) is 25.9. The molecule has 45 heavy (non-hydrogen) atoms. The average Bonchev–Trinajstić information content (AvgIpc) is 3.05. The summed E-state index contributed by atoms with van der Waals surface area (Å²) in [6, 6.07) is 31.5. The summed E-state index contributed by atoms with van der Waals surface area (Å²) in [5.41, 5.74) is 3.12. The van der Waals surface area contributed by atoms with E-state index in [1.807, 2.05) is 73.7 Å². The van der Waals surface area contributed by atoms with Crippen molar-refractivity contribution in [2.75, 3.05) is 17.4 Å². The van der Waals surface area contributed by atoms with Gasteiger partial charge in [-0.25, -0.2) is 8.42 Å². The zero-order valence-corrected chi connectivity index (χ0v) is 28.3. The summed E-state index contributed by atoms with van der Waals surface area (Å²) in [7, 11) is -4.13. The van der Waals surface area contributed by atoms with E-state index in [1.165, 1.54) is 17.0 Å². The van der Waals surface area contributed by atoms with Gasteiger partial charge in [0.15, 0.2) is 0 Å². The van der Waals surface area contributed by atoms with E-state index in [0.717, 1.165) is 31.9 Å². The Balaban J connectivity index is 1.79. The average molecular weight is 691 g/mol. The van der Waals surface area contributed by atoms with Gasteiger partial charge < -0.3 is 10.2 Å². The molecule has 0 aliphatic heterocycles. The maximum Gasteiger partial charge on any atom is 0.264 e. The molecule has 0 spiro atoms. The van der Waals surface area contributed by atoms with Crippen LogP contribution in [-0.4, -0.2) is 44.3 Å². The number of carbonyl (C=O) groups excluding carboxylic acids is 2. The molecule has 0 aliphatic rings. The molecule has 4 aromatic carbocycles. The first-order chi connectivity index (χ1) is 21.6. The van der Waals surface area contributed by atoms with Gasteiger partial charge in [-0.3, -0.25) is 13.9 Å². The van der Waals surface area contributed by atoms with Gasteiger partial charge in [-0.05, 0) is 65.4 Å². The summed E-state index contributed by atoms with van der Waals surface area (Å²) in [6.45, 7) is 6.19. The molecule has 0 aromatic heterocycles. The first-order valence-corrected chi connectivity index (χ1v) is 17.4. The number of rotatable bonds is 14. The quantitative estimate of drug-likeness (QED) is 0.156. The van der Waals surface area contributed by atoms with Crippen molar-refractivity contribution in [2.24, 2.45) is 0 Å². The molecule has 4 aromatic rings. The fraction of sp³-hybridized carbons (Fsp3) is 0.278. The van der Waals surface area contributed by atoms with Crippen LogP contribution >= 0.6 is 15.9 Å². The first kappa shape index (κ1) is 33.9. The summed E-state index contributed by atoms with van der Waals surface area (Å²) in [5, 5.41) is 2.97. The smallest absolute Gasteiger partial charge is 0.264 e. The van der Waals surface area contributed by atoms with E-state index in [2.05, 4.69) is 35.1 Å². The Morgan fingerprint density at radius 2 is 1.40 bits per heavy atom. The van der Waals surface area contributed by atoms with E-state index in [-0.39, 0.29) is 29.7 Å². The maximum atomic E-state index is 14.5. The summed E-state index contributed by atoms with van der Waals surface area (Å²) in [5.74, 6) is -0.524. The van der Waals surface area contributed by atoms with Crippen LogP contribution in [0, 0.1) is 0 Å². The second-order valence-corrected chi connectivity index (χ2v) is 14.0. The van der Waals surface area contributed by atoms with Crippen LogP contribution in [0.4, 0.5) is 5.69 Å². The molecule has 7 nitrogen and oxygen atoms in total. The molecule has 0 saturated carbocycles. The van der Waals surface area contributed by atoms with Crippen LogP contribution in [0.2, 0.25) is 0 Å². The Kier molecular flexibility index (Phi) is 12.0. The van der Waals surface area contributed by atoms with Gasteiger partial charge in [0.1, 0.15) is 12.6 Å². The number of halogens is 1. The van der Waals surface area contributed by atoms with E-state index >= 15 is 0 Å².